The SMILES string of the molecule is CCC(C)c1ccc(-c2ccnc(NN)n2)cc1. The number of nitrogens with one attached hydrogen (secondary N) is 1. The first-order chi connectivity index (χ1) is 8.74. The zero-order valence-corrected chi connectivity index (χ0v) is 10.7. The second-order valence-corrected chi connectivity index (χ2v) is 4.34. The van der Waals surface area contributed by atoms with Crippen LogP contribution in [0.15, 0.2) is 36.5 Å². The first-order valence-corrected chi connectivity index (χ1v) is 6.14. The molecule has 0 saturated heterocycles. The average Bonchev–Trinajstić information content (AvgIpc) is 2.46. The average molecular weight is 242 g/mol. The first kappa shape index (κ1) is 12.5. The highest BCUT2D eigenvalue weighted by Gasteiger charge is 2.05. The van der Waals surface area contributed by atoms with Crippen molar-refractivity contribution in [1.29, 1.82) is 0 Å². The molecule has 0 fully saturated rings. The van der Waals surface area contributed by atoms with Gasteiger partial charge in [-0.25, -0.2) is 15.8 Å². The predicted octanol–water partition coefficient (Wildman–Crippen LogP) is 2.94. The Balaban J connectivity index is 2.28. The van der Waals surface area contributed by atoms with E-state index in [0.29, 0.717) is 11.9 Å². The lowest BCUT2D eigenvalue weighted by molar-refractivity contribution is 0.734. The van der Waals surface area contributed by atoms with Crippen molar-refractivity contribution in [3.05, 3.63) is 42.1 Å². The normalized spacial score (nSPS) is 12.2. The van der Waals surface area contributed by atoms with Gasteiger partial charge >= 0.3 is 0 Å². The van der Waals surface area contributed by atoms with Gasteiger partial charge < -0.3 is 0 Å². The topological polar surface area (TPSA) is 63.8 Å². The van der Waals surface area contributed by atoms with Gasteiger partial charge in [-0.2, -0.15) is 0 Å². The van der Waals surface area contributed by atoms with Crippen molar-refractivity contribution in [2.24, 2.45) is 5.84 Å². The Morgan fingerprint density at radius 1 is 1.22 bits per heavy atom. The molecule has 0 aliphatic rings. The molecule has 1 atom stereocenters. The van der Waals surface area contributed by atoms with Crippen LogP contribution in [0.5, 0.6) is 0 Å². The smallest absolute Gasteiger partial charge is 0.237 e. The van der Waals surface area contributed by atoms with Gasteiger partial charge in [-0.05, 0) is 24.0 Å². The molecule has 1 aromatic carbocycles. The van der Waals surface area contributed by atoms with Gasteiger partial charge in [0, 0.05) is 11.8 Å². The second kappa shape index (κ2) is 5.60. The first-order valence-electron chi connectivity index (χ1n) is 6.14. The molecule has 0 aliphatic carbocycles. The lowest BCUT2D eigenvalue weighted by Gasteiger charge is -2.09. The number of hydrogen-bond donors (Lipinski definition) is 2. The van der Waals surface area contributed by atoms with Crippen molar-refractivity contribution in [2.75, 3.05) is 5.43 Å². The van der Waals surface area contributed by atoms with Crippen LogP contribution in [0.2, 0.25) is 0 Å². The number of nitrogens with two attached hydrogens (primary N) is 1. The van der Waals surface area contributed by atoms with Crippen molar-refractivity contribution in [3.63, 3.8) is 0 Å². The molecule has 1 aromatic heterocycles. The van der Waals surface area contributed by atoms with Gasteiger partial charge in [-0.3, -0.25) is 5.43 Å². The Labute approximate surface area is 107 Å². The lowest BCUT2D eigenvalue weighted by atomic mass is 9.97. The Hall–Kier alpha value is -1.94. The van der Waals surface area contributed by atoms with Crippen molar-refractivity contribution < 1.29 is 0 Å². The van der Waals surface area contributed by atoms with Gasteiger partial charge in [-0.15, -0.1) is 0 Å². The molecule has 0 aliphatic heterocycles. The Kier molecular flexibility index (Phi) is 3.89. The molecule has 3 N–H and O–H groups in total. The number of rotatable bonds is 4. The largest absolute Gasteiger partial charge is 0.292 e. The number of benzene rings is 1. The zero-order valence-electron chi connectivity index (χ0n) is 10.7. The third-order valence-electron chi connectivity index (χ3n) is 3.17. The number of hydrogen-bond acceptors (Lipinski definition) is 4. The van der Waals surface area contributed by atoms with E-state index < -0.39 is 0 Å². The Bertz CT molecular complexity index is 507. The molecule has 94 valence electrons. The fourth-order valence-corrected chi connectivity index (χ4v) is 1.81. The zero-order chi connectivity index (χ0) is 13.0. The van der Waals surface area contributed by atoms with Gasteiger partial charge in [-0.1, -0.05) is 38.1 Å². The van der Waals surface area contributed by atoms with E-state index in [1.807, 2.05) is 6.07 Å². The van der Waals surface area contributed by atoms with Gasteiger partial charge in [0.05, 0.1) is 5.69 Å². The van der Waals surface area contributed by atoms with Crippen LogP contribution >= 0.6 is 0 Å². The molecule has 2 aromatic rings. The van der Waals surface area contributed by atoms with E-state index in [1.165, 1.54) is 5.56 Å². The van der Waals surface area contributed by atoms with Crippen LogP contribution in [0.3, 0.4) is 0 Å². The number of nitrogen functional groups attached to an aromatic ring is 1. The summed E-state index contributed by atoms with van der Waals surface area (Å²) in [6, 6.07) is 10.4. The van der Waals surface area contributed by atoms with E-state index in [2.05, 4.69) is 53.5 Å². The summed E-state index contributed by atoms with van der Waals surface area (Å²) in [5.74, 6) is 6.32. The molecule has 4 heteroatoms. The molecule has 1 heterocycles. The number of hydrazine groups is 1. The fourth-order valence-electron chi connectivity index (χ4n) is 1.81. The van der Waals surface area contributed by atoms with Crippen LogP contribution in [0, 0.1) is 0 Å². The Morgan fingerprint density at radius 2 is 1.94 bits per heavy atom. The van der Waals surface area contributed by atoms with E-state index in [1.54, 1.807) is 6.20 Å². The third kappa shape index (κ3) is 2.65. The van der Waals surface area contributed by atoms with Crippen LogP contribution in [-0.4, -0.2) is 9.97 Å². The molecule has 1 unspecified atom stereocenters. The maximum absolute atomic E-state index is 5.30. The van der Waals surface area contributed by atoms with Crippen molar-refractivity contribution in [2.45, 2.75) is 26.2 Å². The summed E-state index contributed by atoms with van der Waals surface area (Å²) < 4.78 is 0. The Morgan fingerprint density at radius 3 is 2.56 bits per heavy atom. The maximum atomic E-state index is 5.30. The van der Waals surface area contributed by atoms with Crippen molar-refractivity contribution >= 4 is 5.95 Å². The number of nitrogens with zero attached hydrogens (tertiary/aromatic N) is 2. The summed E-state index contributed by atoms with van der Waals surface area (Å²) in [5, 5.41) is 0. The second-order valence-electron chi connectivity index (χ2n) is 4.34. The molecular formula is C14H18N4. The third-order valence-corrected chi connectivity index (χ3v) is 3.17. The molecule has 18 heavy (non-hydrogen) atoms. The highest BCUT2D eigenvalue weighted by atomic mass is 15.3. The highest BCUT2D eigenvalue weighted by molar-refractivity contribution is 5.60. The van der Waals surface area contributed by atoms with E-state index in [0.717, 1.165) is 17.7 Å². The van der Waals surface area contributed by atoms with Crippen LogP contribution in [0.25, 0.3) is 11.3 Å². The van der Waals surface area contributed by atoms with E-state index in [9.17, 15) is 0 Å². The van der Waals surface area contributed by atoms with Gasteiger partial charge in [0.25, 0.3) is 0 Å². The minimum absolute atomic E-state index is 0.429. The van der Waals surface area contributed by atoms with E-state index >= 15 is 0 Å². The number of aromatic nitrogens is 2. The molecule has 0 bridgehead atoms. The summed E-state index contributed by atoms with van der Waals surface area (Å²) >= 11 is 0. The van der Waals surface area contributed by atoms with E-state index in [4.69, 9.17) is 5.84 Å². The maximum Gasteiger partial charge on any atom is 0.237 e. The van der Waals surface area contributed by atoms with Crippen molar-refractivity contribution in [3.8, 4) is 11.3 Å². The van der Waals surface area contributed by atoms with E-state index in [-0.39, 0.29) is 0 Å². The van der Waals surface area contributed by atoms with Crippen molar-refractivity contribution in [1.82, 2.24) is 9.97 Å². The molecular weight excluding hydrogens is 224 g/mol. The number of anilines is 1. The van der Waals surface area contributed by atoms with Crippen LogP contribution in [-0.2, 0) is 0 Å². The van der Waals surface area contributed by atoms with Gasteiger partial charge in [0.2, 0.25) is 5.95 Å². The molecule has 0 spiro atoms. The lowest BCUT2D eigenvalue weighted by Crippen LogP contribution is -2.10. The summed E-state index contributed by atoms with van der Waals surface area (Å²) in [6.07, 6.45) is 2.84. The van der Waals surface area contributed by atoms with Crippen LogP contribution in [0.4, 0.5) is 5.95 Å². The van der Waals surface area contributed by atoms with Gasteiger partial charge in [0.1, 0.15) is 0 Å². The summed E-state index contributed by atoms with van der Waals surface area (Å²) in [5.41, 5.74) is 5.75. The highest BCUT2D eigenvalue weighted by Crippen LogP contribution is 2.23. The standard InChI is InChI=1S/C14H18N4/c1-3-10(2)11-4-6-12(7-5-11)13-8-9-16-14(17-13)18-15/h4-10H,3,15H2,1-2H3,(H,16,17,18). The minimum Gasteiger partial charge on any atom is -0.292 e. The van der Waals surface area contributed by atoms with Gasteiger partial charge in [0.15, 0.2) is 0 Å². The fraction of sp³-hybridized carbons (Fsp3) is 0.286. The molecule has 0 radical (unpaired) electrons. The summed E-state index contributed by atoms with van der Waals surface area (Å²) in [4.78, 5) is 8.30. The van der Waals surface area contributed by atoms with Crippen LogP contribution in [0.1, 0.15) is 31.7 Å². The molecule has 2 rings (SSSR count). The minimum atomic E-state index is 0.429. The molecule has 4 nitrogen and oxygen atoms in total. The quantitative estimate of drug-likeness (QED) is 0.639. The molecule has 0 saturated carbocycles. The summed E-state index contributed by atoms with van der Waals surface area (Å²) in [6.45, 7) is 4.43. The summed E-state index contributed by atoms with van der Waals surface area (Å²) in [7, 11) is 0. The predicted molar refractivity (Wildman–Crippen MR) is 74.0 cm³/mol. The van der Waals surface area contributed by atoms with Crippen LogP contribution < -0.4 is 11.3 Å². The monoisotopic (exact) mass is 242 g/mol. The molecule has 0 amide bonds.